The Bertz CT molecular complexity index is 873. The summed E-state index contributed by atoms with van der Waals surface area (Å²) in [5.41, 5.74) is 0.418. The number of anilines is 1. The van der Waals surface area contributed by atoms with E-state index in [0.717, 1.165) is 49.8 Å². The predicted molar refractivity (Wildman–Crippen MR) is 117 cm³/mol. The first-order valence-corrected chi connectivity index (χ1v) is 11.1. The molecule has 9 heteroatoms. The summed E-state index contributed by atoms with van der Waals surface area (Å²) in [6, 6.07) is 3.91. The number of aromatic nitrogens is 4. The topological polar surface area (TPSA) is 94.4 Å². The smallest absolute Gasteiger partial charge is 0.407 e. The summed E-state index contributed by atoms with van der Waals surface area (Å²) in [6.07, 6.45) is 7.48. The van der Waals surface area contributed by atoms with Crippen LogP contribution in [0.1, 0.15) is 46.5 Å². The number of nitrogens with one attached hydrogen (secondary N) is 1. The van der Waals surface area contributed by atoms with Crippen molar-refractivity contribution in [3.8, 4) is 11.4 Å². The van der Waals surface area contributed by atoms with Gasteiger partial charge in [-0.15, -0.1) is 10.2 Å². The van der Waals surface area contributed by atoms with Crippen LogP contribution in [-0.2, 0) is 16.0 Å². The third-order valence-electron chi connectivity index (χ3n) is 5.50. The molecular weight excluding hydrogens is 396 g/mol. The van der Waals surface area contributed by atoms with E-state index < -0.39 is 5.60 Å². The minimum Gasteiger partial charge on any atom is -0.444 e. The zero-order valence-corrected chi connectivity index (χ0v) is 18.6. The number of alkyl carbamates (subject to hydrolysis) is 1. The molecule has 2 aliphatic heterocycles. The van der Waals surface area contributed by atoms with Gasteiger partial charge in [-0.2, -0.15) is 0 Å². The summed E-state index contributed by atoms with van der Waals surface area (Å²) in [5, 5.41) is 12.0. The first kappa shape index (κ1) is 21.5. The van der Waals surface area contributed by atoms with E-state index in [4.69, 9.17) is 9.47 Å². The molecule has 2 aliphatic rings. The number of carbonyl (C=O) groups is 1. The van der Waals surface area contributed by atoms with Crippen LogP contribution in [-0.4, -0.2) is 63.3 Å². The largest absolute Gasteiger partial charge is 0.444 e. The minimum atomic E-state index is -0.513. The van der Waals surface area contributed by atoms with Gasteiger partial charge in [-0.25, -0.2) is 4.79 Å². The number of amides is 1. The second-order valence-corrected chi connectivity index (χ2v) is 9.24. The summed E-state index contributed by atoms with van der Waals surface area (Å²) in [7, 11) is 0. The van der Waals surface area contributed by atoms with Gasteiger partial charge in [0.05, 0.1) is 18.7 Å². The summed E-state index contributed by atoms with van der Waals surface area (Å²) >= 11 is 0. The molecule has 1 amide bonds. The molecule has 2 aromatic rings. The highest BCUT2D eigenvalue weighted by Gasteiger charge is 2.30. The Morgan fingerprint density at radius 1 is 1.29 bits per heavy atom. The lowest BCUT2D eigenvalue weighted by Crippen LogP contribution is -2.40. The molecule has 2 aromatic heterocycles. The number of hydrogen-bond donors (Lipinski definition) is 1. The maximum absolute atomic E-state index is 12.2. The second-order valence-electron chi connectivity index (χ2n) is 9.24. The van der Waals surface area contributed by atoms with E-state index in [1.54, 1.807) is 6.20 Å². The van der Waals surface area contributed by atoms with E-state index in [0.29, 0.717) is 13.1 Å². The van der Waals surface area contributed by atoms with E-state index in [1.165, 1.54) is 6.42 Å². The molecule has 2 saturated heterocycles. The molecule has 0 unspecified atom stereocenters. The van der Waals surface area contributed by atoms with Crippen molar-refractivity contribution in [1.29, 1.82) is 0 Å². The van der Waals surface area contributed by atoms with Crippen molar-refractivity contribution in [2.45, 2.75) is 70.7 Å². The molecule has 4 heterocycles. The average Bonchev–Trinajstić information content (AvgIpc) is 3.35. The fraction of sp³-hybridized carbons (Fsp3) is 0.636. The van der Waals surface area contributed by atoms with Gasteiger partial charge in [-0.3, -0.25) is 9.55 Å². The highest BCUT2D eigenvalue weighted by atomic mass is 16.6. The third kappa shape index (κ3) is 5.52. The summed E-state index contributed by atoms with van der Waals surface area (Å²) in [4.78, 5) is 18.6. The van der Waals surface area contributed by atoms with Crippen LogP contribution in [0, 0.1) is 0 Å². The standard InChI is InChI=1S/C22H32N6O3/c1-22(2,3)31-21(29)24-17-9-11-27(14-17)20-26-25-19(16-7-6-10-23-13-16)28(20)15-18-8-4-5-12-30-18/h6-7,10,13,17-18H,4-5,8-9,11-12,14-15H2,1-3H3,(H,24,29)/t17-,18-/m0/s1. The number of hydrogen-bond acceptors (Lipinski definition) is 7. The monoisotopic (exact) mass is 428 g/mol. The van der Waals surface area contributed by atoms with Crippen LogP contribution in [0.15, 0.2) is 24.5 Å². The van der Waals surface area contributed by atoms with E-state index >= 15 is 0 Å². The van der Waals surface area contributed by atoms with Crippen LogP contribution in [0.3, 0.4) is 0 Å². The lowest BCUT2D eigenvalue weighted by atomic mass is 10.1. The Kier molecular flexibility index (Phi) is 6.41. The van der Waals surface area contributed by atoms with Crippen LogP contribution >= 0.6 is 0 Å². The van der Waals surface area contributed by atoms with Gasteiger partial charge in [-0.1, -0.05) is 0 Å². The molecule has 0 aliphatic carbocycles. The molecule has 31 heavy (non-hydrogen) atoms. The average molecular weight is 429 g/mol. The fourth-order valence-corrected chi connectivity index (χ4v) is 4.09. The Morgan fingerprint density at radius 2 is 2.16 bits per heavy atom. The normalized spacial score (nSPS) is 21.8. The van der Waals surface area contributed by atoms with Gasteiger partial charge in [0.25, 0.3) is 0 Å². The van der Waals surface area contributed by atoms with Gasteiger partial charge < -0.3 is 19.7 Å². The zero-order valence-electron chi connectivity index (χ0n) is 18.6. The van der Waals surface area contributed by atoms with Crippen LogP contribution in [0.5, 0.6) is 0 Å². The molecule has 2 fully saturated rings. The lowest BCUT2D eigenvalue weighted by molar-refractivity contribution is 0.00639. The molecule has 9 nitrogen and oxygen atoms in total. The summed E-state index contributed by atoms with van der Waals surface area (Å²) < 4.78 is 13.5. The maximum Gasteiger partial charge on any atom is 0.407 e. The lowest BCUT2D eigenvalue weighted by Gasteiger charge is -2.26. The molecular formula is C22H32N6O3. The second kappa shape index (κ2) is 9.21. The highest BCUT2D eigenvalue weighted by molar-refractivity contribution is 5.68. The van der Waals surface area contributed by atoms with Gasteiger partial charge in [0.1, 0.15) is 5.60 Å². The predicted octanol–water partition coefficient (Wildman–Crippen LogP) is 3.01. The highest BCUT2D eigenvalue weighted by Crippen LogP contribution is 2.27. The van der Waals surface area contributed by atoms with Crippen LogP contribution in [0.4, 0.5) is 10.7 Å². The van der Waals surface area contributed by atoms with E-state index in [2.05, 4.69) is 30.0 Å². The molecule has 0 aromatic carbocycles. The molecule has 4 rings (SSSR count). The van der Waals surface area contributed by atoms with Crippen molar-refractivity contribution in [3.05, 3.63) is 24.5 Å². The van der Waals surface area contributed by atoms with Crippen molar-refractivity contribution in [3.63, 3.8) is 0 Å². The van der Waals surface area contributed by atoms with Gasteiger partial charge in [-0.05, 0) is 58.6 Å². The molecule has 0 bridgehead atoms. The zero-order chi connectivity index (χ0) is 21.8. The number of pyridine rings is 1. The van der Waals surface area contributed by atoms with Crippen molar-refractivity contribution >= 4 is 12.0 Å². The first-order valence-electron chi connectivity index (χ1n) is 11.1. The first-order chi connectivity index (χ1) is 14.9. The molecule has 0 radical (unpaired) electrons. The SMILES string of the molecule is CC(C)(C)OC(=O)N[C@H]1CCN(c2nnc(-c3cccnc3)n2C[C@@H]2CCCCO2)C1. The maximum atomic E-state index is 12.2. The van der Waals surface area contributed by atoms with Crippen molar-refractivity contribution in [1.82, 2.24) is 25.1 Å². The Balaban J connectivity index is 1.51. The number of rotatable bonds is 5. The number of carbonyl (C=O) groups excluding carboxylic acids is 1. The summed E-state index contributed by atoms with van der Waals surface area (Å²) in [6.45, 7) is 8.55. The van der Waals surface area contributed by atoms with Crippen LogP contribution in [0.25, 0.3) is 11.4 Å². The minimum absolute atomic E-state index is 0.00720. The van der Waals surface area contributed by atoms with Gasteiger partial charge in [0, 0.05) is 37.7 Å². The third-order valence-corrected chi connectivity index (χ3v) is 5.50. The van der Waals surface area contributed by atoms with E-state index in [-0.39, 0.29) is 18.2 Å². The van der Waals surface area contributed by atoms with E-state index in [1.807, 2.05) is 39.1 Å². The number of nitrogens with zero attached hydrogens (tertiary/aromatic N) is 5. The number of ether oxygens (including phenoxy) is 2. The van der Waals surface area contributed by atoms with E-state index in [9.17, 15) is 4.79 Å². The fourth-order valence-electron chi connectivity index (χ4n) is 4.09. The van der Waals surface area contributed by atoms with Gasteiger partial charge >= 0.3 is 6.09 Å². The quantitative estimate of drug-likeness (QED) is 0.782. The molecule has 0 saturated carbocycles. The molecule has 0 spiro atoms. The van der Waals surface area contributed by atoms with Crippen molar-refractivity contribution in [2.75, 3.05) is 24.6 Å². The van der Waals surface area contributed by atoms with Crippen molar-refractivity contribution < 1.29 is 14.3 Å². The molecule has 2 atom stereocenters. The molecule has 168 valence electrons. The summed E-state index contributed by atoms with van der Waals surface area (Å²) in [5.74, 6) is 1.60. The van der Waals surface area contributed by atoms with Crippen molar-refractivity contribution in [2.24, 2.45) is 0 Å². The van der Waals surface area contributed by atoms with Gasteiger partial charge in [0.15, 0.2) is 5.82 Å². The Hall–Kier alpha value is -2.68. The molecule has 1 N–H and O–H groups in total. The van der Waals surface area contributed by atoms with Gasteiger partial charge in [0.2, 0.25) is 5.95 Å². The Labute approximate surface area is 183 Å². The van der Waals surface area contributed by atoms with Crippen LogP contribution in [0.2, 0.25) is 0 Å². The van der Waals surface area contributed by atoms with Crippen LogP contribution < -0.4 is 10.2 Å². The Morgan fingerprint density at radius 3 is 2.87 bits per heavy atom.